The van der Waals surface area contributed by atoms with Crippen LogP contribution in [-0.4, -0.2) is 24.5 Å². The second-order valence-corrected chi connectivity index (χ2v) is 3.33. The standard InChI is InChI=1S/C8H17N3O/c9-5-8(12)11-7-4-2-1-3-6(7)10/h6-7H,1-5,9-10H2,(H,11,12)/t6-,7-/m1/s1. The van der Waals surface area contributed by atoms with Gasteiger partial charge in [-0.3, -0.25) is 4.79 Å². The van der Waals surface area contributed by atoms with Crippen LogP contribution < -0.4 is 16.8 Å². The summed E-state index contributed by atoms with van der Waals surface area (Å²) in [5, 5.41) is 2.83. The highest BCUT2D eigenvalue weighted by molar-refractivity contribution is 5.78. The molecule has 1 amide bonds. The Bertz CT molecular complexity index is 160. The van der Waals surface area contributed by atoms with Crippen molar-refractivity contribution < 1.29 is 4.79 Å². The Morgan fingerprint density at radius 2 is 2.08 bits per heavy atom. The summed E-state index contributed by atoms with van der Waals surface area (Å²) in [6.07, 6.45) is 4.34. The first-order valence-electron chi connectivity index (χ1n) is 4.49. The van der Waals surface area contributed by atoms with Crippen LogP contribution >= 0.6 is 0 Å². The second kappa shape index (κ2) is 4.42. The van der Waals surface area contributed by atoms with Crippen LogP contribution in [0.4, 0.5) is 0 Å². The molecule has 1 rings (SSSR count). The number of carbonyl (C=O) groups excluding carboxylic acids is 1. The fourth-order valence-corrected chi connectivity index (χ4v) is 1.60. The average Bonchev–Trinajstić information content (AvgIpc) is 2.09. The highest BCUT2D eigenvalue weighted by Gasteiger charge is 2.22. The predicted molar refractivity (Wildman–Crippen MR) is 47.4 cm³/mol. The molecule has 0 spiro atoms. The van der Waals surface area contributed by atoms with Gasteiger partial charge in [0.15, 0.2) is 0 Å². The molecule has 0 unspecified atom stereocenters. The molecule has 0 radical (unpaired) electrons. The first-order chi connectivity index (χ1) is 5.74. The lowest BCUT2D eigenvalue weighted by atomic mass is 9.91. The highest BCUT2D eigenvalue weighted by atomic mass is 16.1. The maximum atomic E-state index is 10.9. The number of amides is 1. The lowest BCUT2D eigenvalue weighted by Crippen LogP contribution is -2.50. The molecular formula is C8H17N3O. The van der Waals surface area contributed by atoms with E-state index in [1.165, 1.54) is 6.42 Å². The van der Waals surface area contributed by atoms with E-state index in [-0.39, 0.29) is 24.5 Å². The van der Waals surface area contributed by atoms with Crippen LogP contribution in [0.1, 0.15) is 25.7 Å². The lowest BCUT2D eigenvalue weighted by Gasteiger charge is -2.29. The summed E-state index contributed by atoms with van der Waals surface area (Å²) in [5.41, 5.74) is 11.0. The fourth-order valence-electron chi connectivity index (χ4n) is 1.60. The zero-order valence-corrected chi connectivity index (χ0v) is 7.25. The number of hydrogen-bond donors (Lipinski definition) is 3. The van der Waals surface area contributed by atoms with E-state index in [2.05, 4.69) is 5.32 Å². The van der Waals surface area contributed by atoms with Crippen LogP contribution in [0, 0.1) is 0 Å². The summed E-state index contributed by atoms with van der Waals surface area (Å²) in [7, 11) is 0. The van der Waals surface area contributed by atoms with E-state index in [4.69, 9.17) is 11.5 Å². The molecule has 0 heterocycles. The third kappa shape index (κ3) is 2.46. The summed E-state index contributed by atoms with van der Waals surface area (Å²) < 4.78 is 0. The Labute approximate surface area is 72.7 Å². The van der Waals surface area contributed by atoms with Gasteiger partial charge in [0.2, 0.25) is 5.91 Å². The SMILES string of the molecule is NCC(=O)N[C@@H]1CCCC[C@H]1N. The van der Waals surface area contributed by atoms with Crippen LogP contribution in [0.25, 0.3) is 0 Å². The minimum atomic E-state index is -0.0997. The van der Waals surface area contributed by atoms with Gasteiger partial charge in [0.05, 0.1) is 6.54 Å². The van der Waals surface area contributed by atoms with Gasteiger partial charge in [-0.25, -0.2) is 0 Å². The molecule has 0 saturated heterocycles. The molecule has 0 aliphatic heterocycles. The number of nitrogens with one attached hydrogen (secondary N) is 1. The third-order valence-electron chi connectivity index (χ3n) is 2.35. The van der Waals surface area contributed by atoms with E-state index in [1.54, 1.807) is 0 Å². The van der Waals surface area contributed by atoms with Crippen LogP contribution in [0.5, 0.6) is 0 Å². The summed E-state index contributed by atoms with van der Waals surface area (Å²) >= 11 is 0. The molecule has 1 aliphatic rings. The molecule has 1 saturated carbocycles. The molecule has 0 aromatic carbocycles. The molecule has 12 heavy (non-hydrogen) atoms. The molecular weight excluding hydrogens is 154 g/mol. The lowest BCUT2D eigenvalue weighted by molar-refractivity contribution is -0.120. The number of carbonyl (C=O) groups is 1. The van der Waals surface area contributed by atoms with Gasteiger partial charge < -0.3 is 16.8 Å². The second-order valence-electron chi connectivity index (χ2n) is 3.33. The molecule has 70 valence electrons. The van der Waals surface area contributed by atoms with E-state index in [0.29, 0.717) is 0 Å². The van der Waals surface area contributed by atoms with E-state index < -0.39 is 0 Å². The molecule has 5 N–H and O–H groups in total. The molecule has 0 aromatic rings. The monoisotopic (exact) mass is 171 g/mol. The normalized spacial score (nSPS) is 29.8. The largest absolute Gasteiger partial charge is 0.351 e. The van der Waals surface area contributed by atoms with Crippen molar-refractivity contribution >= 4 is 5.91 Å². The molecule has 0 bridgehead atoms. The first-order valence-corrected chi connectivity index (χ1v) is 4.49. The molecule has 1 fully saturated rings. The van der Waals surface area contributed by atoms with Crippen molar-refractivity contribution in [1.82, 2.24) is 5.32 Å². The quantitative estimate of drug-likeness (QED) is 0.515. The first kappa shape index (κ1) is 9.48. The minimum absolute atomic E-state index is 0.0587. The molecule has 2 atom stereocenters. The smallest absolute Gasteiger partial charge is 0.234 e. The number of rotatable bonds is 2. The highest BCUT2D eigenvalue weighted by Crippen LogP contribution is 2.16. The number of hydrogen-bond acceptors (Lipinski definition) is 3. The van der Waals surface area contributed by atoms with Crippen molar-refractivity contribution in [1.29, 1.82) is 0 Å². The van der Waals surface area contributed by atoms with Crippen molar-refractivity contribution in [3.8, 4) is 0 Å². The van der Waals surface area contributed by atoms with E-state index in [1.807, 2.05) is 0 Å². The van der Waals surface area contributed by atoms with Crippen molar-refractivity contribution in [2.45, 2.75) is 37.8 Å². The summed E-state index contributed by atoms with van der Waals surface area (Å²) in [5.74, 6) is -0.0997. The fraction of sp³-hybridized carbons (Fsp3) is 0.875. The van der Waals surface area contributed by atoms with Gasteiger partial charge in [0, 0.05) is 12.1 Å². The molecule has 1 aliphatic carbocycles. The summed E-state index contributed by atoms with van der Waals surface area (Å²) in [6, 6.07) is 0.268. The summed E-state index contributed by atoms with van der Waals surface area (Å²) in [4.78, 5) is 10.9. The zero-order chi connectivity index (χ0) is 8.97. The van der Waals surface area contributed by atoms with Gasteiger partial charge in [-0.1, -0.05) is 12.8 Å². The summed E-state index contributed by atoms with van der Waals surface area (Å²) in [6.45, 7) is 0.0587. The molecule has 0 aromatic heterocycles. The number of nitrogens with two attached hydrogens (primary N) is 2. The van der Waals surface area contributed by atoms with Gasteiger partial charge in [0.25, 0.3) is 0 Å². The Hall–Kier alpha value is -0.610. The van der Waals surface area contributed by atoms with Gasteiger partial charge in [-0.15, -0.1) is 0 Å². The van der Waals surface area contributed by atoms with Crippen LogP contribution in [-0.2, 0) is 4.79 Å². The minimum Gasteiger partial charge on any atom is -0.351 e. The Morgan fingerprint density at radius 3 is 2.67 bits per heavy atom. The van der Waals surface area contributed by atoms with Crippen molar-refractivity contribution in [2.24, 2.45) is 11.5 Å². The van der Waals surface area contributed by atoms with Gasteiger partial charge in [-0.05, 0) is 12.8 Å². The van der Waals surface area contributed by atoms with Crippen molar-refractivity contribution in [3.05, 3.63) is 0 Å². The van der Waals surface area contributed by atoms with E-state index in [0.717, 1.165) is 19.3 Å². The van der Waals surface area contributed by atoms with Crippen molar-refractivity contribution in [2.75, 3.05) is 6.54 Å². The van der Waals surface area contributed by atoms with Crippen LogP contribution in [0.2, 0.25) is 0 Å². The predicted octanol–water partition coefficient (Wildman–Crippen LogP) is -0.669. The van der Waals surface area contributed by atoms with E-state index in [9.17, 15) is 4.79 Å². The van der Waals surface area contributed by atoms with Gasteiger partial charge in [0.1, 0.15) is 0 Å². The van der Waals surface area contributed by atoms with E-state index >= 15 is 0 Å². The third-order valence-corrected chi connectivity index (χ3v) is 2.35. The maximum absolute atomic E-state index is 10.9. The van der Waals surface area contributed by atoms with Gasteiger partial charge >= 0.3 is 0 Å². The zero-order valence-electron chi connectivity index (χ0n) is 7.25. The van der Waals surface area contributed by atoms with Crippen LogP contribution in [0.15, 0.2) is 0 Å². The van der Waals surface area contributed by atoms with Gasteiger partial charge in [-0.2, -0.15) is 0 Å². The molecule has 4 heteroatoms. The topological polar surface area (TPSA) is 81.1 Å². The van der Waals surface area contributed by atoms with Crippen molar-refractivity contribution in [3.63, 3.8) is 0 Å². The Balaban J connectivity index is 2.33. The average molecular weight is 171 g/mol. The Kier molecular flexibility index (Phi) is 3.49. The maximum Gasteiger partial charge on any atom is 0.234 e. The Morgan fingerprint density at radius 1 is 1.42 bits per heavy atom. The molecule has 4 nitrogen and oxygen atoms in total. The van der Waals surface area contributed by atoms with Crippen LogP contribution in [0.3, 0.4) is 0 Å².